The summed E-state index contributed by atoms with van der Waals surface area (Å²) in [5.41, 5.74) is 0. The molecule has 0 heterocycles. The van der Waals surface area contributed by atoms with Gasteiger partial charge >= 0.3 is 6.16 Å². The van der Waals surface area contributed by atoms with Gasteiger partial charge in [-0.25, -0.2) is 4.79 Å². The summed E-state index contributed by atoms with van der Waals surface area (Å²) in [6.07, 6.45) is -0.302. The Balaban J connectivity index is 3.28. The van der Waals surface area contributed by atoms with Gasteiger partial charge in [0, 0.05) is 6.61 Å². The van der Waals surface area contributed by atoms with Gasteiger partial charge in [0.05, 0.1) is 19.3 Å². The average Bonchev–Trinajstić information content (AvgIpc) is 2.15. The van der Waals surface area contributed by atoms with Gasteiger partial charge in [-0.2, -0.15) is 0 Å². The fourth-order valence-electron chi connectivity index (χ4n) is 0.922. The van der Waals surface area contributed by atoms with E-state index in [-0.39, 0.29) is 19.3 Å². The number of carbonyl (C=O) groups is 1. The van der Waals surface area contributed by atoms with Crippen LogP contribution in [-0.2, 0) is 14.2 Å². The number of rotatable bonds is 8. The predicted octanol–water partition coefficient (Wildman–Crippen LogP) is 1.51. The standard InChI is InChI=1S/C9H18O5/c1-3-8(13-4-2)7-12-5-6-14-9(10)11/h8H,3-7H2,1-2H3,(H,10,11). The fourth-order valence-corrected chi connectivity index (χ4v) is 0.922. The summed E-state index contributed by atoms with van der Waals surface area (Å²) in [5, 5.41) is 8.15. The Hall–Kier alpha value is -0.810. The third kappa shape index (κ3) is 7.82. The van der Waals surface area contributed by atoms with Gasteiger partial charge in [-0.1, -0.05) is 6.92 Å². The van der Waals surface area contributed by atoms with E-state index in [0.717, 1.165) is 6.42 Å². The first-order valence-electron chi connectivity index (χ1n) is 4.75. The lowest BCUT2D eigenvalue weighted by Gasteiger charge is -2.14. The van der Waals surface area contributed by atoms with Gasteiger partial charge in [0.2, 0.25) is 0 Å². The molecule has 0 aromatic rings. The molecular weight excluding hydrogens is 188 g/mol. The Labute approximate surface area is 84.0 Å². The maximum Gasteiger partial charge on any atom is 0.505 e. The van der Waals surface area contributed by atoms with Crippen molar-refractivity contribution in [1.82, 2.24) is 0 Å². The fraction of sp³-hybridized carbons (Fsp3) is 0.889. The van der Waals surface area contributed by atoms with Gasteiger partial charge in [0.15, 0.2) is 0 Å². The quantitative estimate of drug-likeness (QED) is 0.481. The Morgan fingerprint density at radius 2 is 2.07 bits per heavy atom. The molecule has 0 aliphatic rings. The second kappa shape index (κ2) is 8.77. The van der Waals surface area contributed by atoms with Crippen molar-refractivity contribution < 1.29 is 24.1 Å². The second-order valence-corrected chi connectivity index (χ2v) is 2.67. The molecule has 0 amide bonds. The molecule has 1 unspecified atom stereocenters. The summed E-state index contributed by atoms with van der Waals surface area (Å²) in [7, 11) is 0. The van der Waals surface area contributed by atoms with Crippen molar-refractivity contribution >= 4 is 6.16 Å². The van der Waals surface area contributed by atoms with Gasteiger partial charge in [0.25, 0.3) is 0 Å². The summed E-state index contributed by atoms with van der Waals surface area (Å²) in [5.74, 6) is 0. The summed E-state index contributed by atoms with van der Waals surface area (Å²) >= 11 is 0. The molecule has 0 saturated heterocycles. The van der Waals surface area contributed by atoms with Gasteiger partial charge in [0.1, 0.15) is 6.61 Å². The highest BCUT2D eigenvalue weighted by Crippen LogP contribution is 1.98. The zero-order chi connectivity index (χ0) is 10.8. The lowest BCUT2D eigenvalue weighted by Crippen LogP contribution is -2.20. The van der Waals surface area contributed by atoms with Crippen molar-refractivity contribution in [3.63, 3.8) is 0 Å². The molecule has 5 heteroatoms. The minimum Gasteiger partial charge on any atom is -0.450 e. The van der Waals surface area contributed by atoms with Gasteiger partial charge < -0.3 is 19.3 Å². The molecular formula is C9H18O5. The predicted molar refractivity (Wildman–Crippen MR) is 50.5 cm³/mol. The molecule has 0 fully saturated rings. The lowest BCUT2D eigenvalue weighted by atomic mass is 10.3. The van der Waals surface area contributed by atoms with Crippen LogP contribution in [0.2, 0.25) is 0 Å². The van der Waals surface area contributed by atoms with Crippen LogP contribution >= 0.6 is 0 Å². The molecule has 0 rings (SSSR count). The van der Waals surface area contributed by atoms with E-state index in [9.17, 15) is 4.79 Å². The monoisotopic (exact) mass is 206 g/mol. The smallest absolute Gasteiger partial charge is 0.450 e. The molecule has 0 aromatic heterocycles. The molecule has 14 heavy (non-hydrogen) atoms. The number of hydrogen-bond donors (Lipinski definition) is 1. The first-order valence-corrected chi connectivity index (χ1v) is 4.75. The van der Waals surface area contributed by atoms with Crippen LogP contribution in [0.3, 0.4) is 0 Å². The maximum absolute atomic E-state index is 9.95. The maximum atomic E-state index is 9.95. The van der Waals surface area contributed by atoms with Crippen molar-refractivity contribution in [1.29, 1.82) is 0 Å². The lowest BCUT2D eigenvalue weighted by molar-refractivity contribution is -0.0250. The van der Waals surface area contributed by atoms with Gasteiger partial charge in [-0.15, -0.1) is 0 Å². The first kappa shape index (κ1) is 13.2. The highest BCUT2D eigenvalue weighted by molar-refractivity contribution is 5.56. The highest BCUT2D eigenvalue weighted by Gasteiger charge is 2.05. The highest BCUT2D eigenvalue weighted by atomic mass is 16.7. The number of carboxylic acid groups (broad SMARTS) is 1. The van der Waals surface area contributed by atoms with Crippen molar-refractivity contribution in [2.24, 2.45) is 0 Å². The largest absolute Gasteiger partial charge is 0.505 e. The van der Waals surface area contributed by atoms with Crippen LogP contribution in [0.15, 0.2) is 0 Å². The Kier molecular flexibility index (Phi) is 8.27. The van der Waals surface area contributed by atoms with Crippen molar-refractivity contribution in [2.45, 2.75) is 26.4 Å². The van der Waals surface area contributed by atoms with Crippen LogP contribution in [-0.4, -0.2) is 43.8 Å². The van der Waals surface area contributed by atoms with Crippen molar-refractivity contribution in [3.05, 3.63) is 0 Å². The summed E-state index contributed by atoms with van der Waals surface area (Å²) in [6.45, 7) is 5.42. The normalized spacial score (nSPS) is 12.4. The molecule has 0 aromatic carbocycles. The van der Waals surface area contributed by atoms with Crippen LogP contribution < -0.4 is 0 Å². The summed E-state index contributed by atoms with van der Waals surface area (Å²) in [4.78, 5) is 9.95. The molecule has 0 bridgehead atoms. The number of hydrogen-bond acceptors (Lipinski definition) is 4. The molecule has 1 atom stereocenters. The van der Waals surface area contributed by atoms with Crippen molar-refractivity contribution in [3.8, 4) is 0 Å². The first-order chi connectivity index (χ1) is 6.70. The molecule has 0 saturated carbocycles. The van der Waals surface area contributed by atoms with Crippen LogP contribution in [0.4, 0.5) is 4.79 Å². The summed E-state index contributed by atoms with van der Waals surface area (Å²) in [6, 6.07) is 0. The molecule has 0 aliphatic carbocycles. The zero-order valence-corrected chi connectivity index (χ0v) is 8.69. The van der Waals surface area contributed by atoms with Crippen molar-refractivity contribution in [2.75, 3.05) is 26.4 Å². The van der Waals surface area contributed by atoms with E-state index in [0.29, 0.717) is 13.2 Å². The van der Waals surface area contributed by atoms with Gasteiger partial charge in [-0.05, 0) is 13.3 Å². The molecule has 0 aliphatic heterocycles. The minimum absolute atomic E-state index is 0.0674. The SMILES string of the molecule is CCOC(CC)COCCOC(=O)O. The van der Waals surface area contributed by atoms with E-state index in [1.54, 1.807) is 0 Å². The van der Waals surface area contributed by atoms with E-state index < -0.39 is 6.16 Å². The van der Waals surface area contributed by atoms with Crippen LogP contribution in [0.25, 0.3) is 0 Å². The molecule has 1 N–H and O–H groups in total. The van der Waals surface area contributed by atoms with E-state index in [2.05, 4.69) is 4.74 Å². The van der Waals surface area contributed by atoms with Crippen LogP contribution in [0.1, 0.15) is 20.3 Å². The van der Waals surface area contributed by atoms with Gasteiger partial charge in [-0.3, -0.25) is 0 Å². The third-order valence-corrected chi connectivity index (χ3v) is 1.61. The molecule has 0 radical (unpaired) electrons. The number of ether oxygens (including phenoxy) is 3. The third-order valence-electron chi connectivity index (χ3n) is 1.61. The van der Waals surface area contributed by atoms with E-state index in [1.165, 1.54) is 0 Å². The van der Waals surface area contributed by atoms with E-state index >= 15 is 0 Å². The molecule has 5 nitrogen and oxygen atoms in total. The molecule has 0 spiro atoms. The van der Waals surface area contributed by atoms with E-state index in [4.69, 9.17) is 14.6 Å². The van der Waals surface area contributed by atoms with Crippen LogP contribution in [0, 0.1) is 0 Å². The summed E-state index contributed by atoms with van der Waals surface area (Å²) < 4.78 is 14.8. The molecule has 84 valence electrons. The Morgan fingerprint density at radius 3 is 2.57 bits per heavy atom. The van der Waals surface area contributed by atoms with E-state index in [1.807, 2.05) is 13.8 Å². The van der Waals surface area contributed by atoms with Crippen LogP contribution in [0.5, 0.6) is 0 Å². The topological polar surface area (TPSA) is 65.0 Å². The minimum atomic E-state index is -1.27. The zero-order valence-electron chi connectivity index (χ0n) is 8.69. The second-order valence-electron chi connectivity index (χ2n) is 2.67. The average molecular weight is 206 g/mol. The Bertz CT molecular complexity index is 148. The Morgan fingerprint density at radius 1 is 1.36 bits per heavy atom.